The Morgan fingerprint density at radius 2 is 1.97 bits per heavy atom. The van der Waals surface area contributed by atoms with E-state index in [1.807, 2.05) is 6.19 Å². The molecule has 0 atom stereocenters. The molecule has 0 aromatic carbocycles. The van der Waals surface area contributed by atoms with E-state index in [1.165, 1.54) is 11.5 Å². The molecule has 1 aromatic rings. The Bertz CT molecular complexity index is 701. The van der Waals surface area contributed by atoms with Gasteiger partial charge >= 0.3 is 0 Å². The summed E-state index contributed by atoms with van der Waals surface area (Å²) >= 11 is 0. The van der Waals surface area contributed by atoms with Crippen molar-refractivity contribution in [1.29, 1.82) is 5.26 Å². The molecule has 0 saturated heterocycles. The van der Waals surface area contributed by atoms with Crippen molar-refractivity contribution in [1.82, 2.24) is 15.4 Å². The molecule has 0 spiro atoms. The molecule has 0 unspecified atom stereocenters. The monoisotopic (exact) mass is 430 g/mol. The molecule has 170 valence electrons. The van der Waals surface area contributed by atoms with Crippen LogP contribution in [0.4, 0.5) is 5.69 Å². The first-order chi connectivity index (χ1) is 15.2. The standard InChI is InChI=1S/C22H34N6O3/c23-18-26-22(27-19-11-14-24-15-12-19)25-13-7-2-1-6-10-21(30)28(16-17-29)31-20-8-4-3-5-9-20/h11-12,14-15,20,29H,1-10,13,16-17H2,(H2,24,25,26,27). The molecule has 0 aliphatic heterocycles. The largest absolute Gasteiger partial charge is 0.394 e. The second-order valence-corrected chi connectivity index (χ2v) is 7.58. The Hall–Kier alpha value is -2.70. The summed E-state index contributed by atoms with van der Waals surface area (Å²) in [5.74, 6) is 0.350. The van der Waals surface area contributed by atoms with Crippen LogP contribution in [0.2, 0.25) is 0 Å². The number of hydrogen-bond donors (Lipinski definition) is 3. The van der Waals surface area contributed by atoms with Gasteiger partial charge in [-0.1, -0.05) is 32.1 Å². The lowest BCUT2D eigenvalue weighted by Gasteiger charge is -2.29. The van der Waals surface area contributed by atoms with E-state index in [1.54, 1.807) is 24.5 Å². The summed E-state index contributed by atoms with van der Waals surface area (Å²) in [6.07, 6.45) is 14.7. The molecular formula is C22H34N6O3. The number of anilines is 1. The van der Waals surface area contributed by atoms with E-state index in [-0.39, 0.29) is 25.2 Å². The van der Waals surface area contributed by atoms with Crippen LogP contribution >= 0.6 is 0 Å². The minimum atomic E-state index is -0.0942. The third-order valence-electron chi connectivity index (χ3n) is 5.10. The maximum atomic E-state index is 12.4. The summed E-state index contributed by atoms with van der Waals surface area (Å²) < 4.78 is 0. The number of aliphatic imine (C=N–C) groups is 1. The van der Waals surface area contributed by atoms with Gasteiger partial charge in [0.05, 0.1) is 19.3 Å². The second kappa shape index (κ2) is 15.2. The highest BCUT2D eigenvalue weighted by molar-refractivity contribution is 5.94. The number of carbonyl (C=O) groups excluding carboxylic acids is 1. The third kappa shape index (κ3) is 10.2. The number of nitrogens with one attached hydrogen (secondary N) is 2. The summed E-state index contributed by atoms with van der Waals surface area (Å²) in [5.41, 5.74) is 0.804. The Balaban J connectivity index is 1.63. The van der Waals surface area contributed by atoms with E-state index in [4.69, 9.17) is 10.1 Å². The molecule has 1 saturated carbocycles. The summed E-state index contributed by atoms with van der Waals surface area (Å²) in [5, 5.41) is 25.1. The number of nitriles is 1. The van der Waals surface area contributed by atoms with Crippen LogP contribution in [0, 0.1) is 11.5 Å². The number of hydroxylamine groups is 2. The highest BCUT2D eigenvalue weighted by Gasteiger charge is 2.21. The van der Waals surface area contributed by atoms with Crippen molar-refractivity contribution in [2.45, 2.75) is 70.3 Å². The molecule has 9 nitrogen and oxygen atoms in total. The van der Waals surface area contributed by atoms with Gasteiger partial charge in [0.1, 0.15) is 0 Å². The van der Waals surface area contributed by atoms with Crippen LogP contribution in [0.3, 0.4) is 0 Å². The molecule has 1 aliphatic rings. The Morgan fingerprint density at radius 3 is 2.68 bits per heavy atom. The number of guanidine groups is 1. The van der Waals surface area contributed by atoms with Crippen LogP contribution in [0.15, 0.2) is 29.5 Å². The lowest BCUT2D eigenvalue weighted by Crippen LogP contribution is -2.37. The first kappa shape index (κ1) is 24.6. The molecule has 1 fully saturated rings. The summed E-state index contributed by atoms with van der Waals surface area (Å²) in [7, 11) is 0. The molecule has 31 heavy (non-hydrogen) atoms. The van der Waals surface area contributed by atoms with Gasteiger partial charge in [-0.25, -0.2) is 5.06 Å². The van der Waals surface area contributed by atoms with Crippen LogP contribution < -0.4 is 10.6 Å². The van der Waals surface area contributed by atoms with Crippen LogP contribution in [0.1, 0.15) is 64.2 Å². The van der Waals surface area contributed by atoms with Gasteiger partial charge in [0.2, 0.25) is 11.9 Å². The first-order valence-electron chi connectivity index (χ1n) is 11.2. The van der Waals surface area contributed by atoms with Crippen LogP contribution in [-0.2, 0) is 9.63 Å². The third-order valence-corrected chi connectivity index (χ3v) is 5.10. The zero-order valence-electron chi connectivity index (χ0n) is 18.1. The number of hydrogen-bond acceptors (Lipinski definition) is 6. The zero-order chi connectivity index (χ0) is 22.2. The number of aromatic nitrogens is 1. The van der Waals surface area contributed by atoms with Gasteiger partial charge in [-0.3, -0.25) is 24.9 Å². The average Bonchev–Trinajstić information content (AvgIpc) is 2.79. The molecule has 9 heteroatoms. The number of pyridine rings is 1. The maximum Gasteiger partial charge on any atom is 0.246 e. The fraction of sp³-hybridized carbons (Fsp3) is 0.636. The molecule has 2 rings (SSSR count). The van der Waals surface area contributed by atoms with Crippen molar-refractivity contribution in [3.63, 3.8) is 0 Å². The summed E-state index contributed by atoms with van der Waals surface area (Å²) in [6.45, 7) is 0.712. The van der Waals surface area contributed by atoms with Gasteiger partial charge in [0.25, 0.3) is 0 Å². The Morgan fingerprint density at radius 1 is 1.23 bits per heavy atom. The molecule has 0 radical (unpaired) electrons. The predicted octanol–water partition coefficient (Wildman–Crippen LogP) is 2.96. The summed E-state index contributed by atoms with van der Waals surface area (Å²) in [6, 6.07) is 3.59. The van der Waals surface area contributed by atoms with E-state index in [2.05, 4.69) is 20.6 Å². The zero-order valence-corrected chi connectivity index (χ0v) is 18.1. The summed E-state index contributed by atoms with van der Waals surface area (Å²) in [4.78, 5) is 26.6. The average molecular weight is 431 g/mol. The number of unbranched alkanes of at least 4 members (excludes halogenated alkanes) is 3. The normalized spacial score (nSPS) is 14.6. The number of carbonyl (C=O) groups is 1. The van der Waals surface area contributed by atoms with Crippen LogP contribution in [0.25, 0.3) is 0 Å². The van der Waals surface area contributed by atoms with E-state index in [0.717, 1.165) is 57.1 Å². The van der Waals surface area contributed by atoms with Gasteiger partial charge in [0.15, 0.2) is 6.19 Å². The van der Waals surface area contributed by atoms with Gasteiger partial charge in [-0.15, -0.1) is 0 Å². The minimum absolute atomic E-state index is 0.0558. The first-order valence-corrected chi connectivity index (χ1v) is 11.2. The lowest BCUT2D eigenvalue weighted by atomic mass is 9.98. The Kier molecular flexibility index (Phi) is 12.0. The van der Waals surface area contributed by atoms with Gasteiger partial charge in [-0.05, 0) is 37.8 Å². The van der Waals surface area contributed by atoms with Gasteiger partial charge in [-0.2, -0.15) is 5.26 Å². The van der Waals surface area contributed by atoms with Crippen LogP contribution in [-0.4, -0.2) is 52.8 Å². The Labute approximate surface area is 184 Å². The van der Waals surface area contributed by atoms with Crippen molar-refractivity contribution in [2.24, 2.45) is 4.99 Å². The van der Waals surface area contributed by atoms with Gasteiger partial charge in [0, 0.05) is 31.0 Å². The molecule has 3 N–H and O–H groups in total. The van der Waals surface area contributed by atoms with E-state index in [9.17, 15) is 9.90 Å². The molecule has 1 aromatic heterocycles. The van der Waals surface area contributed by atoms with E-state index >= 15 is 0 Å². The number of aliphatic hydroxyl groups excluding tert-OH is 1. The maximum absolute atomic E-state index is 12.4. The van der Waals surface area contributed by atoms with Gasteiger partial charge < -0.3 is 10.4 Å². The molecule has 0 bridgehead atoms. The SMILES string of the molecule is N#CNC(=NCCCCCCC(=O)N(CCO)OC1CCCCC1)Nc1ccncc1. The quantitative estimate of drug-likeness (QED) is 0.116. The smallest absolute Gasteiger partial charge is 0.246 e. The van der Waals surface area contributed by atoms with Crippen molar-refractivity contribution in [3.8, 4) is 6.19 Å². The van der Waals surface area contributed by atoms with Crippen molar-refractivity contribution < 1.29 is 14.7 Å². The lowest BCUT2D eigenvalue weighted by molar-refractivity contribution is -0.213. The molecule has 1 amide bonds. The molecular weight excluding hydrogens is 396 g/mol. The predicted molar refractivity (Wildman–Crippen MR) is 119 cm³/mol. The van der Waals surface area contributed by atoms with E-state index in [0.29, 0.717) is 18.9 Å². The number of aliphatic hydroxyl groups is 1. The fourth-order valence-corrected chi connectivity index (χ4v) is 3.47. The van der Waals surface area contributed by atoms with E-state index < -0.39 is 0 Å². The van der Waals surface area contributed by atoms with Crippen molar-refractivity contribution in [3.05, 3.63) is 24.5 Å². The minimum Gasteiger partial charge on any atom is -0.394 e. The highest BCUT2D eigenvalue weighted by Crippen LogP contribution is 2.21. The number of rotatable bonds is 12. The highest BCUT2D eigenvalue weighted by atomic mass is 16.7. The van der Waals surface area contributed by atoms with Crippen molar-refractivity contribution in [2.75, 3.05) is 25.0 Å². The van der Waals surface area contributed by atoms with Crippen molar-refractivity contribution >= 4 is 17.6 Å². The molecule has 1 aliphatic carbocycles. The molecule has 1 heterocycles. The second-order valence-electron chi connectivity index (χ2n) is 7.58. The van der Waals surface area contributed by atoms with Crippen LogP contribution in [0.5, 0.6) is 0 Å². The number of nitrogens with zero attached hydrogens (tertiary/aromatic N) is 4. The topological polar surface area (TPSA) is 123 Å². The fourth-order valence-electron chi connectivity index (χ4n) is 3.47. The number of amides is 1.